The van der Waals surface area contributed by atoms with Crippen molar-refractivity contribution in [3.8, 4) is 5.75 Å². The Morgan fingerprint density at radius 2 is 2.13 bits per heavy atom. The van der Waals surface area contributed by atoms with Crippen LogP contribution >= 0.6 is 11.3 Å². The zero-order valence-corrected chi connectivity index (χ0v) is 19.2. The molecular formula is C21H27N5O3S2. The van der Waals surface area contributed by atoms with Crippen LogP contribution in [0.5, 0.6) is 5.75 Å². The second kappa shape index (κ2) is 9.07. The van der Waals surface area contributed by atoms with Gasteiger partial charge in [-0.2, -0.15) is 0 Å². The number of hydrogen-bond donors (Lipinski definition) is 3. The SMILES string of the molecule is CC(C)Oc1ccc(S(N)(=O)=O)cc1Nc1nc(C2=CCC(NCC3CC3)N=C2)cs1. The molecule has 0 spiro atoms. The van der Waals surface area contributed by atoms with E-state index < -0.39 is 10.0 Å². The summed E-state index contributed by atoms with van der Waals surface area (Å²) in [5.41, 5.74) is 2.30. The van der Waals surface area contributed by atoms with Gasteiger partial charge in [-0.05, 0) is 57.4 Å². The van der Waals surface area contributed by atoms with Crippen LogP contribution in [0.15, 0.2) is 39.5 Å². The summed E-state index contributed by atoms with van der Waals surface area (Å²) in [5, 5.41) is 14.5. The molecule has 2 heterocycles. The molecule has 10 heteroatoms. The number of allylic oxidation sites excluding steroid dienone is 1. The largest absolute Gasteiger partial charge is 0.489 e. The highest BCUT2D eigenvalue weighted by Gasteiger charge is 2.22. The summed E-state index contributed by atoms with van der Waals surface area (Å²) < 4.78 is 29.3. The minimum Gasteiger partial charge on any atom is -0.489 e. The normalized spacial score (nSPS) is 18.8. The molecule has 1 aromatic carbocycles. The average molecular weight is 462 g/mol. The highest BCUT2D eigenvalue weighted by atomic mass is 32.2. The highest BCUT2D eigenvalue weighted by molar-refractivity contribution is 7.89. The molecule has 2 aromatic rings. The highest BCUT2D eigenvalue weighted by Crippen LogP contribution is 2.33. The van der Waals surface area contributed by atoms with Crippen molar-refractivity contribution in [1.29, 1.82) is 0 Å². The molecule has 1 aliphatic carbocycles. The summed E-state index contributed by atoms with van der Waals surface area (Å²) in [6.45, 7) is 4.84. The fraction of sp³-hybridized carbons (Fsp3) is 0.429. The molecule has 1 aromatic heterocycles. The standard InChI is InChI=1S/C21H27N5O3S2/c1-13(2)29-19-7-6-16(31(22,27)28)9-17(19)25-21-26-18(12-30-21)15-5-8-20(24-11-15)23-10-14-3-4-14/h5-7,9,11-14,20,23H,3-4,8,10H2,1-2H3,(H,25,26)(H2,22,27,28). The zero-order chi connectivity index (χ0) is 22.0. The summed E-state index contributed by atoms with van der Waals surface area (Å²) >= 11 is 1.43. The Morgan fingerprint density at radius 3 is 2.77 bits per heavy atom. The third kappa shape index (κ3) is 5.91. The molecule has 0 amide bonds. The van der Waals surface area contributed by atoms with Crippen LogP contribution in [0.2, 0.25) is 0 Å². The van der Waals surface area contributed by atoms with Crippen molar-refractivity contribution in [2.75, 3.05) is 11.9 Å². The van der Waals surface area contributed by atoms with Crippen molar-refractivity contribution in [1.82, 2.24) is 10.3 Å². The number of sulfonamides is 1. The topological polar surface area (TPSA) is 119 Å². The quantitative estimate of drug-likeness (QED) is 0.526. The maximum absolute atomic E-state index is 11.8. The summed E-state index contributed by atoms with van der Waals surface area (Å²) in [6.07, 6.45) is 7.55. The summed E-state index contributed by atoms with van der Waals surface area (Å²) in [4.78, 5) is 9.26. The molecule has 0 radical (unpaired) electrons. The molecule has 8 nitrogen and oxygen atoms in total. The first-order valence-electron chi connectivity index (χ1n) is 10.3. The van der Waals surface area contributed by atoms with E-state index in [0.717, 1.165) is 30.2 Å². The van der Waals surface area contributed by atoms with E-state index in [4.69, 9.17) is 9.88 Å². The summed E-state index contributed by atoms with van der Waals surface area (Å²) in [5.74, 6) is 1.35. The number of dihydropyridines is 1. The molecule has 1 aliphatic heterocycles. The summed E-state index contributed by atoms with van der Waals surface area (Å²) in [7, 11) is -3.83. The number of nitrogens with two attached hydrogens (primary N) is 1. The van der Waals surface area contributed by atoms with Crippen molar-refractivity contribution in [2.45, 2.75) is 50.3 Å². The van der Waals surface area contributed by atoms with Gasteiger partial charge < -0.3 is 10.1 Å². The van der Waals surface area contributed by atoms with Gasteiger partial charge in [0.1, 0.15) is 11.9 Å². The predicted octanol–water partition coefficient (Wildman–Crippen LogP) is 3.50. The molecule has 1 fully saturated rings. The Hall–Kier alpha value is -2.27. The van der Waals surface area contributed by atoms with Gasteiger partial charge in [-0.15, -0.1) is 11.3 Å². The number of anilines is 2. The van der Waals surface area contributed by atoms with Gasteiger partial charge in [-0.3, -0.25) is 10.3 Å². The third-order valence-corrected chi connectivity index (χ3v) is 6.65. The Bertz CT molecular complexity index is 1100. The number of aliphatic imine (C=N–C) groups is 1. The average Bonchev–Trinajstić information content (AvgIpc) is 3.44. The molecular weight excluding hydrogens is 434 g/mol. The Balaban J connectivity index is 1.47. The van der Waals surface area contributed by atoms with E-state index in [-0.39, 0.29) is 17.2 Å². The lowest BCUT2D eigenvalue weighted by Gasteiger charge is -2.16. The number of thiazole rings is 1. The number of aromatic nitrogens is 1. The van der Waals surface area contributed by atoms with E-state index >= 15 is 0 Å². The molecule has 1 saturated carbocycles. The smallest absolute Gasteiger partial charge is 0.238 e. The van der Waals surface area contributed by atoms with Crippen molar-refractivity contribution in [3.05, 3.63) is 35.3 Å². The monoisotopic (exact) mass is 461 g/mol. The zero-order valence-electron chi connectivity index (χ0n) is 17.5. The van der Waals surface area contributed by atoms with Gasteiger partial charge in [-0.1, -0.05) is 6.08 Å². The van der Waals surface area contributed by atoms with Gasteiger partial charge in [0.25, 0.3) is 0 Å². The first kappa shape index (κ1) is 21.9. The van der Waals surface area contributed by atoms with E-state index in [1.54, 1.807) is 6.07 Å². The van der Waals surface area contributed by atoms with Crippen LogP contribution in [0.25, 0.3) is 5.57 Å². The molecule has 1 atom stereocenters. The van der Waals surface area contributed by atoms with Gasteiger partial charge in [0.05, 0.1) is 22.4 Å². The maximum atomic E-state index is 11.8. The minimum atomic E-state index is -3.83. The van der Waals surface area contributed by atoms with E-state index in [2.05, 4.69) is 26.7 Å². The van der Waals surface area contributed by atoms with Crippen molar-refractivity contribution < 1.29 is 13.2 Å². The second-order valence-corrected chi connectivity index (χ2v) is 10.5. The Morgan fingerprint density at radius 1 is 1.32 bits per heavy atom. The Kier molecular flexibility index (Phi) is 6.42. The van der Waals surface area contributed by atoms with Crippen molar-refractivity contribution >= 4 is 44.0 Å². The number of primary sulfonamides is 1. The van der Waals surface area contributed by atoms with Gasteiger partial charge in [0.2, 0.25) is 10.0 Å². The number of hydrogen-bond acceptors (Lipinski definition) is 8. The van der Waals surface area contributed by atoms with Crippen LogP contribution < -0.4 is 20.5 Å². The molecule has 2 aliphatic rings. The number of nitrogens with zero attached hydrogens (tertiary/aromatic N) is 2. The lowest BCUT2D eigenvalue weighted by molar-refractivity contribution is 0.243. The molecule has 4 N–H and O–H groups in total. The van der Waals surface area contributed by atoms with Crippen LogP contribution in [-0.2, 0) is 10.0 Å². The van der Waals surface area contributed by atoms with Gasteiger partial charge in [0, 0.05) is 23.6 Å². The third-order valence-electron chi connectivity index (χ3n) is 4.98. The number of ether oxygens (including phenoxy) is 1. The second-order valence-electron chi connectivity index (χ2n) is 8.07. The first-order valence-corrected chi connectivity index (χ1v) is 12.7. The number of rotatable bonds is 9. The van der Waals surface area contributed by atoms with Crippen LogP contribution in [0.1, 0.15) is 38.8 Å². The Labute approximate surface area is 186 Å². The van der Waals surface area contributed by atoms with E-state index in [1.807, 2.05) is 25.4 Å². The van der Waals surface area contributed by atoms with Crippen LogP contribution in [0.3, 0.4) is 0 Å². The molecule has 4 rings (SSSR count). The van der Waals surface area contributed by atoms with Crippen LogP contribution in [0.4, 0.5) is 10.8 Å². The number of benzene rings is 1. The van der Waals surface area contributed by atoms with Crippen molar-refractivity contribution in [2.24, 2.45) is 16.0 Å². The van der Waals surface area contributed by atoms with E-state index in [9.17, 15) is 8.42 Å². The predicted molar refractivity (Wildman–Crippen MR) is 125 cm³/mol. The van der Waals surface area contributed by atoms with E-state index in [1.165, 1.54) is 36.3 Å². The fourth-order valence-corrected chi connectivity index (χ4v) is 4.45. The van der Waals surface area contributed by atoms with Gasteiger partial charge >= 0.3 is 0 Å². The van der Waals surface area contributed by atoms with Crippen molar-refractivity contribution in [3.63, 3.8) is 0 Å². The van der Waals surface area contributed by atoms with Gasteiger partial charge in [0.15, 0.2) is 5.13 Å². The molecule has 0 bridgehead atoms. The lowest BCUT2D eigenvalue weighted by Crippen LogP contribution is -2.30. The number of nitrogens with one attached hydrogen (secondary N) is 2. The lowest BCUT2D eigenvalue weighted by atomic mass is 10.1. The first-order chi connectivity index (χ1) is 14.8. The molecule has 31 heavy (non-hydrogen) atoms. The minimum absolute atomic E-state index is 0.00903. The molecule has 1 unspecified atom stereocenters. The maximum Gasteiger partial charge on any atom is 0.238 e. The van der Waals surface area contributed by atoms with Gasteiger partial charge in [-0.25, -0.2) is 18.5 Å². The molecule has 0 saturated heterocycles. The molecule has 166 valence electrons. The fourth-order valence-electron chi connectivity index (χ4n) is 3.17. The van der Waals surface area contributed by atoms with Crippen LogP contribution in [-0.4, -0.2) is 38.4 Å². The van der Waals surface area contributed by atoms with E-state index in [0.29, 0.717) is 16.6 Å². The summed E-state index contributed by atoms with van der Waals surface area (Å²) in [6, 6.07) is 4.50. The van der Waals surface area contributed by atoms with Crippen LogP contribution in [0, 0.1) is 5.92 Å².